The largest absolute Gasteiger partial charge is 0.382 e. The number of hydrogen-bond acceptors (Lipinski definition) is 2. The van der Waals surface area contributed by atoms with Crippen LogP contribution in [0.5, 0.6) is 0 Å². The maximum atomic E-state index is 10.6. The van der Waals surface area contributed by atoms with Crippen molar-refractivity contribution < 1.29 is 5.11 Å². The molecule has 0 aliphatic heterocycles. The highest BCUT2D eigenvalue weighted by Gasteiger charge is 2.17. The summed E-state index contributed by atoms with van der Waals surface area (Å²) in [5.74, 6) is 0.906. The maximum Gasteiger partial charge on any atom is 0.121 e. The van der Waals surface area contributed by atoms with Crippen LogP contribution in [-0.4, -0.2) is 14.7 Å². The minimum atomic E-state index is -0.656. The summed E-state index contributed by atoms with van der Waals surface area (Å²) in [6.45, 7) is 2.68. The molecule has 0 unspecified atom stereocenters. The Kier molecular flexibility index (Phi) is 3.84. The molecule has 0 bridgehead atoms. The van der Waals surface area contributed by atoms with Crippen molar-refractivity contribution in [2.75, 3.05) is 0 Å². The van der Waals surface area contributed by atoms with Gasteiger partial charge in [-0.05, 0) is 18.1 Å². The van der Waals surface area contributed by atoms with Gasteiger partial charge in [-0.1, -0.05) is 60.7 Å². The molecule has 0 saturated carbocycles. The Labute approximate surface area is 124 Å². The number of aliphatic hydroxyl groups excluding tert-OH is 1. The van der Waals surface area contributed by atoms with Gasteiger partial charge in [-0.3, -0.25) is 0 Å². The molecule has 0 saturated heterocycles. The molecule has 1 aromatic heterocycles. The fourth-order valence-corrected chi connectivity index (χ4v) is 2.48. The van der Waals surface area contributed by atoms with Gasteiger partial charge >= 0.3 is 0 Å². The Morgan fingerprint density at radius 2 is 1.62 bits per heavy atom. The van der Waals surface area contributed by atoms with Crippen molar-refractivity contribution in [1.29, 1.82) is 0 Å². The molecule has 3 heteroatoms. The topological polar surface area (TPSA) is 38.1 Å². The van der Waals surface area contributed by atoms with E-state index in [1.807, 2.05) is 55.5 Å². The predicted molar refractivity (Wildman–Crippen MR) is 83.0 cm³/mol. The predicted octanol–water partition coefficient (Wildman–Crippen LogP) is 3.32. The van der Waals surface area contributed by atoms with Gasteiger partial charge in [0.1, 0.15) is 11.9 Å². The first-order valence-corrected chi connectivity index (χ1v) is 7.04. The van der Waals surface area contributed by atoms with E-state index in [0.717, 1.165) is 17.1 Å². The van der Waals surface area contributed by atoms with Gasteiger partial charge in [0.15, 0.2) is 0 Å². The summed E-state index contributed by atoms with van der Waals surface area (Å²) in [7, 11) is 0. The first kappa shape index (κ1) is 13.6. The Morgan fingerprint density at radius 3 is 2.29 bits per heavy atom. The van der Waals surface area contributed by atoms with Crippen LogP contribution in [0.1, 0.15) is 28.7 Å². The van der Waals surface area contributed by atoms with Crippen LogP contribution >= 0.6 is 0 Å². The first-order valence-electron chi connectivity index (χ1n) is 7.04. The van der Waals surface area contributed by atoms with Crippen LogP contribution in [0.4, 0.5) is 0 Å². The van der Waals surface area contributed by atoms with E-state index in [9.17, 15) is 5.11 Å². The lowest BCUT2D eigenvalue weighted by Gasteiger charge is -2.15. The molecule has 21 heavy (non-hydrogen) atoms. The van der Waals surface area contributed by atoms with Crippen LogP contribution in [0, 0.1) is 6.92 Å². The number of rotatable bonds is 4. The summed E-state index contributed by atoms with van der Waals surface area (Å²) in [4.78, 5) is 4.36. The zero-order valence-corrected chi connectivity index (χ0v) is 12.0. The Hall–Kier alpha value is -2.39. The zero-order valence-electron chi connectivity index (χ0n) is 12.0. The number of aliphatic hydroxyl groups is 1. The number of benzene rings is 2. The molecule has 2 aromatic carbocycles. The van der Waals surface area contributed by atoms with Gasteiger partial charge in [0.2, 0.25) is 0 Å². The Balaban J connectivity index is 1.94. The van der Waals surface area contributed by atoms with Crippen molar-refractivity contribution in [2.45, 2.75) is 19.6 Å². The van der Waals surface area contributed by atoms with Crippen LogP contribution in [0.3, 0.4) is 0 Å². The molecular formula is C18H18N2O. The summed E-state index contributed by atoms with van der Waals surface area (Å²) in [6, 6.07) is 19.9. The summed E-state index contributed by atoms with van der Waals surface area (Å²) >= 11 is 0. The van der Waals surface area contributed by atoms with E-state index < -0.39 is 6.10 Å². The van der Waals surface area contributed by atoms with Crippen molar-refractivity contribution in [3.8, 4) is 0 Å². The van der Waals surface area contributed by atoms with Gasteiger partial charge in [0.25, 0.3) is 0 Å². The Morgan fingerprint density at radius 1 is 1.00 bits per heavy atom. The smallest absolute Gasteiger partial charge is 0.121 e. The molecule has 0 aliphatic rings. The SMILES string of the molecule is Cc1ncc([C@@H](O)c2ccccc2)n1Cc1ccccc1. The highest BCUT2D eigenvalue weighted by atomic mass is 16.3. The quantitative estimate of drug-likeness (QED) is 0.795. The van der Waals surface area contributed by atoms with Gasteiger partial charge in [0.05, 0.1) is 11.9 Å². The molecule has 1 N–H and O–H groups in total. The standard InChI is InChI=1S/C18H18N2O/c1-14-19-12-17(18(21)16-10-6-3-7-11-16)20(14)13-15-8-4-2-5-9-15/h2-12,18,21H,13H2,1H3/t18-/m0/s1. The summed E-state index contributed by atoms with van der Waals surface area (Å²) in [6.07, 6.45) is 1.10. The van der Waals surface area contributed by atoms with E-state index in [-0.39, 0.29) is 0 Å². The second-order valence-electron chi connectivity index (χ2n) is 5.12. The molecule has 0 amide bonds. The lowest BCUT2D eigenvalue weighted by molar-refractivity contribution is 0.210. The van der Waals surface area contributed by atoms with Gasteiger partial charge in [-0.15, -0.1) is 0 Å². The van der Waals surface area contributed by atoms with Crippen molar-refractivity contribution in [3.63, 3.8) is 0 Å². The van der Waals surface area contributed by atoms with E-state index in [2.05, 4.69) is 21.7 Å². The van der Waals surface area contributed by atoms with E-state index in [4.69, 9.17) is 0 Å². The highest BCUT2D eigenvalue weighted by Crippen LogP contribution is 2.23. The molecule has 3 rings (SSSR count). The molecule has 1 heterocycles. The van der Waals surface area contributed by atoms with Gasteiger partial charge in [0, 0.05) is 6.54 Å². The summed E-state index contributed by atoms with van der Waals surface area (Å²) in [5, 5.41) is 10.6. The second-order valence-corrected chi connectivity index (χ2v) is 5.12. The normalized spacial score (nSPS) is 12.3. The fourth-order valence-electron chi connectivity index (χ4n) is 2.48. The molecule has 1 atom stereocenters. The third-order valence-corrected chi connectivity index (χ3v) is 3.66. The van der Waals surface area contributed by atoms with Crippen LogP contribution in [0.2, 0.25) is 0 Å². The van der Waals surface area contributed by atoms with Crippen molar-refractivity contribution in [2.24, 2.45) is 0 Å². The van der Waals surface area contributed by atoms with Gasteiger partial charge in [-0.2, -0.15) is 0 Å². The lowest BCUT2D eigenvalue weighted by Crippen LogP contribution is -2.11. The Bertz CT molecular complexity index is 705. The van der Waals surface area contributed by atoms with E-state index in [1.54, 1.807) is 6.20 Å². The molecule has 0 spiro atoms. The highest BCUT2D eigenvalue weighted by molar-refractivity contribution is 5.27. The monoisotopic (exact) mass is 278 g/mol. The van der Waals surface area contributed by atoms with Crippen molar-refractivity contribution in [1.82, 2.24) is 9.55 Å². The maximum absolute atomic E-state index is 10.6. The number of aryl methyl sites for hydroxylation is 1. The molecule has 0 fully saturated rings. The fraction of sp³-hybridized carbons (Fsp3) is 0.167. The number of imidazole rings is 1. The van der Waals surface area contributed by atoms with Crippen LogP contribution in [0.15, 0.2) is 66.9 Å². The molecular weight excluding hydrogens is 260 g/mol. The molecule has 3 aromatic rings. The number of aromatic nitrogens is 2. The van der Waals surface area contributed by atoms with Gasteiger partial charge < -0.3 is 9.67 Å². The molecule has 0 aliphatic carbocycles. The third kappa shape index (κ3) is 2.88. The molecule has 0 radical (unpaired) electrons. The minimum Gasteiger partial charge on any atom is -0.382 e. The number of nitrogens with zero attached hydrogens (tertiary/aromatic N) is 2. The van der Waals surface area contributed by atoms with Crippen molar-refractivity contribution >= 4 is 0 Å². The second kappa shape index (κ2) is 5.94. The third-order valence-electron chi connectivity index (χ3n) is 3.66. The first-order chi connectivity index (χ1) is 10.3. The van der Waals surface area contributed by atoms with Crippen LogP contribution in [0.25, 0.3) is 0 Å². The van der Waals surface area contributed by atoms with E-state index in [1.165, 1.54) is 5.56 Å². The average molecular weight is 278 g/mol. The molecule has 106 valence electrons. The molecule has 3 nitrogen and oxygen atoms in total. The summed E-state index contributed by atoms with van der Waals surface area (Å²) in [5.41, 5.74) is 2.90. The van der Waals surface area contributed by atoms with Crippen LogP contribution < -0.4 is 0 Å². The summed E-state index contributed by atoms with van der Waals surface area (Å²) < 4.78 is 2.06. The van der Waals surface area contributed by atoms with Crippen LogP contribution in [-0.2, 0) is 6.54 Å². The lowest BCUT2D eigenvalue weighted by atomic mass is 10.1. The zero-order chi connectivity index (χ0) is 14.7. The van der Waals surface area contributed by atoms with Gasteiger partial charge in [-0.25, -0.2) is 4.98 Å². The minimum absolute atomic E-state index is 0.656. The average Bonchev–Trinajstić information content (AvgIpc) is 2.90. The number of hydrogen-bond donors (Lipinski definition) is 1. The van der Waals surface area contributed by atoms with E-state index in [0.29, 0.717) is 6.54 Å². The van der Waals surface area contributed by atoms with Crippen molar-refractivity contribution in [3.05, 3.63) is 89.5 Å². The van der Waals surface area contributed by atoms with E-state index >= 15 is 0 Å².